The van der Waals surface area contributed by atoms with E-state index < -0.39 is 5.41 Å². The Balaban J connectivity index is 0.984. The number of para-hydroxylation sites is 3. The molecule has 2 aliphatic carbocycles. The topological polar surface area (TPSA) is 42.7 Å². The monoisotopic (exact) mass is 829 g/mol. The normalized spacial score (nSPS) is 13.4. The number of anilines is 3. The van der Waals surface area contributed by atoms with Crippen LogP contribution in [0.5, 0.6) is 0 Å². The summed E-state index contributed by atoms with van der Waals surface area (Å²) in [5, 5.41) is 6.55. The van der Waals surface area contributed by atoms with Gasteiger partial charge in [0.25, 0.3) is 0 Å². The average molecular weight is 830 g/mol. The van der Waals surface area contributed by atoms with Crippen LogP contribution in [-0.2, 0) is 5.41 Å². The molecule has 0 radical (unpaired) electrons. The van der Waals surface area contributed by atoms with E-state index in [0.717, 1.165) is 94.0 Å². The van der Waals surface area contributed by atoms with Gasteiger partial charge in [0.15, 0.2) is 0 Å². The summed E-state index contributed by atoms with van der Waals surface area (Å²) in [6.45, 7) is 0. The molecule has 3 heterocycles. The highest BCUT2D eigenvalue weighted by Crippen LogP contribution is 2.64. The molecule has 302 valence electrons. The van der Waals surface area contributed by atoms with Crippen LogP contribution in [0.4, 0.5) is 17.1 Å². The zero-order chi connectivity index (χ0) is 42.4. The molecule has 0 amide bonds. The van der Waals surface area contributed by atoms with E-state index in [0.29, 0.717) is 0 Å². The third kappa shape index (κ3) is 4.60. The predicted octanol–water partition coefficient (Wildman–Crippen LogP) is 16.9. The highest BCUT2D eigenvalue weighted by molar-refractivity contribution is 6.18. The Labute approximate surface area is 372 Å². The Hall–Kier alpha value is -8.60. The second-order valence-electron chi connectivity index (χ2n) is 17.5. The summed E-state index contributed by atoms with van der Waals surface area (Å²) in [7, 11) is 0. The van der Waals surface area contributed by atoms with Crippen molar-refractivity contribution in [3.8, 4) is 33.4 Å². The molecule has 3 aromatic heterocycles. The van der Waals surface area contributed by atoms with Gasteiger partial charge in [0.05, 0.1) is 27.6 Å². The van der Waals surface area contributed by atoms with Crippen LogP contribution in [0.3, 0.4) is 0 Å². The van der Waals surface area contributed by atoms with Crippen LogP contribution in [-0.4, -0.2) is 0 Å². The minimum absolute atomic E-state index is 0.541. The van der Waals surface area contributed by atoms with Gasteiger partial charge in [0, 0.05) is 27.2 Å². The first kappa shape index (κ1) is 34.9. The molecule has 15 rings (SSSR count). The van der Waals surface area contributed by atoms with Crippen LogP contribution in [0.25, 0.3) is 99.2 Å². The average Bonchev–Trinajstić information content (AvgIpc) is 4.16. The molecule has 0 aliphatic heterocycles. The van der Waals surface area contributed by atoms with Crippen molar-refractivity contribution < 1.29 is 13.3 Å². The van der Waals surface area contributed by atoms with E-state index >= 15 is 0 Å². The molecule has 0 unspecified atom stereocenters. The molecule has 0 bridgehead atoms. The zero-order valence-corrected chi connectivity index (χ0v) is 34.9. The lowest BCUT2D eigenvalue weighted by atomic mass is 9.70. The van der Waals surface area contributed by atoms with Gasteiger partial charge in [-0.1, -0.05) is 140 Å². The first-order valence-corrected chi connectivity index (χ1v) is 22.2. The number of fused-ring (bicyclic) bond motifs is 19. The second-order valence-corrected chi connectivity index (χ2v) is 17.5. The minimum atomic E-state index is -0.541. The molecular formula is C61H35NO3. The van der Waals surface area contributed by atoms with Gasteiger partial charge in [-0.15, -0.1) is 0 Å². The maximum absolute atomic E-state index is 6.63. The van der Waals surface area contributed by atoms with E-state index in [9.17, 15) is 0 Å². The summed E-state index contributed by atoms with van der Waals surface area (Å²) in [6, 6.07) is 76.6. The number of rotatable bonds is 4. The standard InChI is InChI=1S/C61H35NO3/c1-6-21-47-39(16-1)40-17-2-7-22-48(40)61(47)49-33-37(30-31-41(49)45-34-46-42-18-3-8-25-53(42)65-58(46)35-50(45)61)36-14-11-15-38(32-36)62(51-23-12-28-56-59(51)43-19-4-9-26-54(43)63-56)52-24-13-29-57-60(52)44-20-5-10-27-55(44)64-57/h1-35H. The fraction of sp³-hybridized carbons (Fsp3) is 0.0164. The first-order chi connectivity index (χ1) is 32.2. The lowest BCUT2D eigenvalue weighted by Crippen LogP contribution is -2.25. The van der Waals surface area contributed by atoms with E-state index in [2.05, 4.69) is 187 Å². The third-order valence-electron chi connectivity index (χ3n) is 14.3. The van der Waals surface area contributed by atoms with Crippen LogP contribution in [0.1, 0.15) is 22.3 Å². The SMILES string of the molecule is c1cc(-c2ccc3c(c2)C2(c4ccccc4-c4ccccc42)c2cc4oc5ccccc5c4cc2-3)cc(N(c2cccc3oc4ccccc4c23)c2cccc3oc4ccccc4c23)c1. The quantitative estimate of drug-likeness (QED) is 0.177. The van der Waals surface area contributed by atoms with Gasteiger partial charge in [-0.05, 0) is 128 Å². The third-order valence-corrected chi connectivity index (χ3v) is 14.3. The van der Waals surface area contributed by atoms with Crippen molar-refractivity contribution in [2.24, 2.45) is 0 Å². The Kier molecular flexibility index (Phi) is 6.85. The minimum Gasteiger partial charge on any atom is -0.456 e. The van der Waals surface area contributed by atoms with Gasteiger partial charge in [0.2, 0.25) is 0 Å². The Bertz CT molecular complexity index is 4000. The summed E-state index contributed by atoms with van der Waals surface area (Å²) in [4.78, 5) is 2.39. The molecule has 65 heavy (non-hydrogen) atoms. The van der Waals surface area contributed by atoms with E-state index in [1.807, 2.05) is 30.3 Å². The molecule has 0 saturated heterocycles. The van der Waals surface area contributed by atoms with E-state index in [1.165, 1.54) is 44.5 Å². The summed E-state index contributed by atoms with van der Waals surface area (Å²) < 4.78 is 19.6. The van der Waals surface area contributed by atoms with E-state index in [-0.39, 0.29) is 0 Å². The van der Waals surface area contributed by atoms with Gasteiger partial charge < -0.3 is 18.2 Å². The van der Waals surface area contributed by atoms with E-state index in [1.54, 1.807) is 0 Å². The molecule has 13 aromatic rings. The summed E-state index contributed by atoms with van der Waals surface area (Å²) in [6.07, 6.45) is 0. The van der Waals surface area contributed by atoms with Crippen LogP contribution in [0.2, 0.25) is 0 Å². The van der Waals surface area contributed by atoms with Crippen LogP contribution >= 0.6 is 0 Å². The number of furan rings is 3. The molecule has 2 aliphatic rings. The van der Waals surface area contributed by atoms with Gasteiger partial charge in [-0.3, -0.25) is 0 Å². The van der Waals surface area contributed by atoms with Crippen molar-refractivity contribution in [1.29, 1.82) is 0 Å². The molecular weight excluding hydrogens is 795 g/mol. The van der Waals surface area contributed by atoms with E-state index in [4.69, 9.17) is 13.3 Å². The molecule has 1 spiro atoms. The van der Waals surface area contributed by atoms with Gasteiger partial charge in [-0.25, -0.2) is 0 Å². The molecule has 0 fully saturated rings. The lowest BCUT2D eigenvalue weighted by molar-refractivity contribution is 0.666. The molecule has 4 nitrogen and oxygen atoms in total. The van der Waals surface area contributed by atoms with Crippen LogP contribution in [0.15, 0.2) is 226 Å². The largest absolute Gasteiger partial charge is 0.456 e. The first-order valence-electron chi connectivity index (χ1n) is 22.2. The Morgan fingerprint density at radius 3 is 1.45 bits per heavy atom. The van der Waals surface area contributed by atoms with Crippen molar-refractivity contribution in [3.63, 3.8) is 0 Å². The molecule has 0 atom stereocenters. The smallest absolute Gasteiger partial charge is 0.137 e. The molecule has 0 saturated carbocycles. The summed E-state index contributed by atoms with van der Waals surface area (Å²) >= 11 is 0. The highest BCUT2D eigenvalue weighted by atomic mass is 16.3. The maximum Gasteiger partial charge on any atom is 0.137 e. The predicted molar refractivity (Wildman–Crippen MR) is 265 cm³/mol. The summed E-state index contributed by atoms with van der Waals surface area (Å²) in [5.74, 6) is 0. The molecule has 4 heteroatoms. The summed E-state index contributed by atoms with van der Waals surface area (Å²) in [5.41, 5.74) is 20.2. The van der Waals surface area contributed by atoms with Gasteiger partial charge in [0.1, 0.15) is 33.5 Å². The van der Waals surface area contributed by atoms with Gasteiger partial charge in [-0.2, -0.15) is 0 Å². The van der Waals surface area contributed by atoms with Crippen molar-refractivity contribution >= 4 is 82.9 Å². The van der Waals surface area contributed by atoms with Crippen LogP contribution in [0, 0.1) is 0 Å². The van der Waals surface area contributed by atoms with Crippen LogP contribution < -0.4 is 4.90 Å². The number of hydrogen-bond acceptors (Lipinski definition) is 4. The lowest BCUT2D eigenvalue weighted by Gasteiger charge is -2.30. The Morgan fingerprint density at radius 1 is 0.292 bits per heavy atom. The van der Waals surface area contributed by atoms with Crippen molar-refractivity contribution in [2.75, 3.05) is 4.90 Å². The second kappa shape index (κ2) is 12.7. The number of benzene rings is 10. The van der Waals surface area contributed by atoms with Gasteiger partial charge >= 0.3 is 0 Å². The fourth-order valence-corrected chi connectivity index (χ4v) is 11.7. The Morgan fingerprint density at radius 2 is 0.785 bits per heavy atom. The number of nitrogens with zero attached hydrogens (tertiary/aromatic N) is 1. The fourth-order valence-electron chi connectivity index (χ4n) is 11.7. The van der Waals surface area contributed by atoms with Crippen molar-refractivity contribution in [3.05, 3.63) is 235 Å². The highest BCUT2D eigenvalue weighted by Gasteiger charge is 2.52. The van der Waals surface area contributed by atoms with Crippen molar-refractivity contribution in [1.82, 2.24) is 0 Å². The zero-order valence-electron chi connectivity index (χ0n) is 34.9. The molecule has 0 N–H and O–H groups in total. The maximum atomic E-state index is 6.63. The van der Waals surface area contributed by atoms with Crippen molar-refractivity contribution in [2.45, 2.75) is 5.41 Å². The number of hydrogen-bond donors (Lipinski definition) is 0. The molecule has 10 aromatic carbocycles.